The standard InChI is InChI=1S/C19H17N3O2/c1-12-4-2-5-14(21-12)19-15-6-3-7-22(15)16-9-18-17(23-11-24-18)8-13(16)10-20-19/h2-9,19-20H,10-11H2,1H3/t19-/m1/s1. The maximum absolute atomic E-state index is 5.56. The highest BCUT2D eigenvalue weighted by atomic mass is 16.7. The van der Waals surface area contributed by atoms with Crippen LogP contribution in [0.5, 0.6) is 11.5 Å². The van der Waals surface area contributed by atoms with E-state index in [1.807, 2.05) is 13.0 Å². The first kappa shape index (κ1) is 13.6. The Bertz CT molecular complexity index is 932. The van der Waals surface area contributed by atoms with Crippen LogP contribution in [0.3, 0.4) is 0 Å². The van der Waals surface area contributed by atoms with Crippen molar-refractivity contribution in [2.45, 2.75) is 19.5 Å². The largest absolute Gasteiger partial charge is 0.454 e. The summed E-state index contributed by atoms with van der Waals surface area (Å²) in [7, 11) is 0. The molecule has 2 aliphatic heterocycles. The number of pyridine rings is 1. The van der Waals surface area contributed by atoms with Crippen LogP contribution < -0.4 is 14.8 Å². The zero-order chi connectivity index (χ0) is 16.1. The molecule has 24 heavy (non-hydrogen) atoms. The van der Waals surface area contributed by atoms with Gasteiger partial charge in [0, 0.05) is 30.2 Å². The minimum Gasteiger partial charge on any atom is -0.454 e. The normalized spacial score (nSPS) is 18.0. The van der Waals surface area contributed by atoms with Crippen LogP contribution >= 0.6 is 0 Å². The number of nitrogens with zero attached hydrogens (tertiary/aromatic N) is 2. The Hall–Kier alpha value is -2.79. The van der Waals surface area contributed by atoms with Crippen molar-refractivity contribution in [1.29, 1.82) is 0 Å². The molecule has 0 radical (unpaired) electrons. The van der Waals surface area contributed by atoms with Gasteiger partial charge in [-0.05, 0) is 42.8 Å². The summed E-state index contributed by atoms with van der Waals surface area (Å²) < 4.78 is 13.3. The molecule has 5 rings (SSSR count). The van der Waals surface area contributed by atoms with Crippen LogP contribution in [0.15, 0.2) is 48.7 Å². The molecule has 2 aromatic heterocycles. The van der Waals surface area contributed by atoms with Crippen LogP contribution in [0.25, 0.3) is 5.69 Å². The Morgan fingerprint density at radius 3 is 2.88 bits per heavy atom. The van der Waals surface area contributed by atoms with E-state index in [0.29, 0.717) is 6.79 Å². The summed E-state index contributed by atoms with van der Waals surface area (Å²) >= 11 is 0. The number of rotatable bonds is 1. The van der Waals surface area contributed by atoms with Crippen molar-refractivity contribution in [2.24, 2.45) is 0 Å². The van der Waals surface area contributed by atoms with Gasteiger partial charge in [0.05, 0.1) is 17.4 Å². The predicted molar refractivity (Wildman–Crippen MR) is 89.5 cm³/mol. The lowest BCUT2D eigenvalue weighted by molar-refractivity contribution is 0.174. The van der Waals surface area contributed by atoms with E-state index >= 15 is 0 Å². The first-order valence-electron chi connectivity index (χ1n) is 8.07. The fraction of sp³-hybridized carbons (Fsp3) is 0.211. The van der Waals surface area contributed by atoms with Crippen molar-refractivity contribution in [1.82, 2.24) is 14.9 Å². The van der Waals surface area contributed by atoms with E-state index in [1.54, 1.807) is 0 Å². The summed E-state index contributed by atoms with van der Waals surface area (Å²) in [5, 5.41) is 3.64. The van der Waals surface area contributed by atoms with Crippen LogP contribution in [-0.4, -0.2) is 16.3 Å². The molecule has 5 heteroatoms. The quantitative estimate of drug-likeness (QED) is 0.749. The van der Waals surface area contributed by atoms with Gasteiger partial charge in [-0.2, -0.15) is 0 Å². The Morgan fingerprint density at radius 2 is 2.00 bits per heavy atom. The van der Waals surface area contributed by atoms with Crippen LogP contribution in [0, 0.1) is 6.92 Å². The molecule has 0 unspecified atom stereocenters. The monoisotopic (exact) mass is 319 g/mol. The van der Waals surface area contributed by atoms with Gasteiger partial charge in [0.2, 0.25) is 6.79 Å². The molecule has 1 N–H and O–H groups in total. The van der Waals surface area contributed by atoms with Crippen molar-refractivity contribution in [3.05, 3.63) is 71.3 Å². The third kappa shape index (κ3) is 2.02. The molecule has 2 aliphatic rings. The van der Waals surface area contributed by atoms with E-state index in [-0.39, 0.29) is 6.04 Å². The van der Waals surface area contributed by atoms with Crippen LogP contribution in [-0.2, 0) is 6.54 Å². The number of aryl methyl sites for hydroxylation is 1. The summed E-state index contributed by atoms with van der Waals surface area (Å²) in [4.78, 5) is 4.72. The molecule has 3 aromatic rings. The lowest BCUT2D eigenvalue weighted by atomic mass is 10.1. The van der Waals surface area contributed by atoms with Crippen molar-refractivity contribution in [3.8, 4) is 17.2 Å². The second-order valence-corrected chi connectivity index (χ2v) is 6.15. The van der Waals surface area contributed by atoms with E-state index in [0.717, 1.165) is 35.1 Å². The average Bonchev–Trinajstić information content (AvgIpc) is 3.20. The van der Waals surface area contributed by atoms with E-state index < -0.39 is 0 Å². The van der Waals surface area contributed by atoms with Crippen molar-refractivity contribution in [3.63, 3.8) is 0 Å². The Morgan fingerprint density at radius 1 is 1.12 bits per heavy atom. The molecule has 5 nitrogen and oxygen atoms in total. The van der Waals surface area contributed by atoms with Crippen molar-refractivity contribution >= 4 is 0 Å². The summed E-state index contributed by atoms with van der Waals surface area (Å²) in [6, 6.07) is 14.5. The van der Waals surface area contributed by atoms with E-state index in [2.05, 4.69) is 52.5 Å². The van der Waals surface area contributed by atoms with Gasteiger partial charge in [-0.25, -0.2) is 0 Å². The molecule has 1 atom stereocenters. The second-order valence-electron chi connectivity index (χ2n) is 6.15. The first-order chi connectivity index (χ1) is 11.8. The third-order valence-electron chi connectivity index (χ3n) is 4.61. The lowest BCUT2D eigenvalue weighted by Crippen LogP contribution is -2.22. The number of fused-ring (bicyclic) bond motifs is 4. The zero-order valence-corrected chi connectivity index (χ0v) is 13.3. The van der Waals surface area contributed by atoms with Gasteiger partial charge in [0.15, 0.2) is 11.5 Å². The fourth-order valence-corrected chi connectivity index (χ4v) is 3.49. The molecule has 120 valence electrons. The van der Waals surface area contributed by atoms with Crippen LogP contribution in [0.2, 0.25) is 0 Å². The zero-order valence-electron chi connectivity index (χ0n) is 13.3. The number of aromatic nitrogens is 2. The number of hydrogen-bond donors (Lipinski definition) is 1. The van der Waals surface area contributed by atoms with Crippen LogP contribution in [0.4, 0.5) is 0 Å². The average molecular weight is 319 g/mol. The highest BCUT2D eigenvalue weighted by Gasteiger charge is 2.26. The molecule has 0 saturated heterocycles. The van der Waals surface area contributed by atoms with Crippen LogP contribution in [0.1, 0.15) is 28.7 Å². The van der Waals surface area contributed by atoms with Gasteiger partial charge in [0.1, 0.15) is 0 Å². The molecule has 0 bridgehead atoms. The fourth-order valence-electron chi connectivity index (χ4n) is 3.49. The number of ether oxygens (including phenoxy) is 2. The SMILES string of the molecule is Cc1cccc([C@H]2NCc3cc4c(cc3-n3cccc32)OCO4)n1. The number of hydrogen-bond acceptors (Lipinski definition) is 4. The maximum atomic E-state index is 5.56. The van der Waals surface area contributed by atoms with E-state index in [9.17, 15) is 0 Å². The van der Waals surface area contributed by atoms with Crippen molar-refractivity contribution < 1.29 is 9.47 Å². The highest BCUT2D eigenvalue weighted by Crippen LogP contribution is 2.39. The van der Waals surface area contributed by atoms with Gasteiger partial charge in [-0.15, -0.1) is 0 Å². The molecule has 0 amide bonds. The van der Waals surface area contributed by atoms with Gasteiger partial charge in [0.25, 0.3) is 0 Å². The molecule has 1 aromatic carbocycles. The molecule has 4 heterocycles. The molecule has 0 fully saturated rings. The molecule has 0 saturated carbocycles. The van der Waals surface area contributed by atoms with Gasteiger partial charge >= 0.3 is 0 Å². The Labute approximate surface area is 139 Å². The Kier molecular flexibility index (Phi) is 2.90. The number of benzene rings is 1. The summed E-state index contributed by atoms with van der Waals surface area (Å²) in [5.41, 5.74) is 5.54. The van der Waals surface area contributed by atoms with Gasteiger partial charge < -0.3 is 14.0 Å². The summed E-state index contributed by atoms with van der Waals surface area (Å²) in [6.45, 7) is 3.06. The second kappa shape index (κ2) is 5.11. The topological polar surface area (TPSA) is 48.3 Å². The first-order valence-corrected chi connectivity index (χ1v) is 8.07. The molecule has 0 spiro atoms. The van der Waals surface area contributed by atoms with Crippen molar-refractivity contribution in [2.75, 3.05) is 6.79 Å². The van der Waals surface area contributed by atoms with Gasteiger partial charge in [-0.1, -0.05) is 6.07 Å². The minimum absolute atomic E-state index is 0.0453. The minimum atomic E-state index is 0.0453. The summed E-state index contributed by atoms with van der Waals surface area (Å²) in [5.74, 6) is 1.62. The molecular weight excluding hydrogens is 302 g/mol. The smallest absolute Gasteiger partial charge is 0.231 e. The molecular formula is C19H17N3O2. The van der Waals surface area contributed by atoms with E-state index in [1.165, 1.54) is 11.3 Å². The third-order valence-corrected chi connectivity index (χ3v) is 4.61. The van der Waals surface area contributed by atoms with E-state index in [4.69, 9.17) is 14.5 Å². The lowest BCUT2D eigenvalue weighted by Gasteiger charge is -2.17. The predicted octanol–water partition coefficient (Wildman–Crippen LogP) is 3.10. The Balaban J connectivity index is 1.66. The number of nitrogens with one attached hydrogen (secondary N) is 1. The maximum Gasteiger partial charge on any atom is 0.231 e. The summed E-state index contributed by atoms with van der Waals surface area (Å²) in [6.07, 6.45) is 2.09. The highest BCUT2D eigenvalue weighted by molar-refractivity contribution is 5.57. The van der Waals surface area contributed by atoms with Gasteiger partial charge in [-0.3, -0.25) is 10.3 Å². The molecule has 0 aliphatic carbocycles.